The Balaban J connectivity index is 1.91. The van der Waals surface area contributed by atoms with Crippen molar-refractivity contribution in [2.75, 3.05) is 20.1 Å². The zero-order valence-corrected chi connectivity index (χ0v) is 12.5. The fourth-order valence-corrected chi connectivity index (χ4v) is 3.17. The summed E-state index contributed by atoms with van der Waals surface area (Å²) in [5.41, 5.74) is 10.2. The van der Waals surface area contributed by atoms with E-state index in [9.17, 15) is 0 Å². The quantitative estimate of drug-likeness (QED) is 0.852. The van der Waals surface area contributed by atoms with E-state index in [0.717, 1.165) is 26.1 Å². The number of hydrogen-bond acceptors (Lipinski definition) is 2. The molecule has 2 nitrogen and oxygen atoms in total. The molecule has 2 rings (SSSR count). The summed E-state index contributed by atoms with van der Waals surface area (Å²) in [7, 11) is 2.21. The first-order valence-corrected chi connectivity index (χ1v) is 7.68. The van der Waals surface area contributed by atoms with Crippen LogP contribution in [0.5, 0.6) is 0 Å². The molecule has 106 valence electrons. The standard InChI is InChI=1S/C17H28N2/c1-14(9-10-18)12-19(2)13-15-7-8-16-5-3-4-6-17(16)11-15/h7-8,11,14H,3-6,9-10,12-13,18H2,1-2H3. The van der Waals surface area contributed by atoms with Gasteiger partial charge in [-0.1, -0.05) is 25.1 Å². The van der Waals surface area contributed by atoms with Crippen LogP contribution in [0.3, 0.4) is 0 Å². The maximum absolute atomic E-state index is 5.62. The molecular weight excluding hydrogens is 232 g/mol. The molecule has 0 aliphatic heterocycles. The van der Waals surface area contributed by atoms with Gasteiger partial charge in [0.15, 0.2) is 0 Å². The Morgan fingerprint density at radius 2 is 1.95 bits per heavy atom. The van der Waals surface area contributed by atoms with Gasteiger partial charge in [0.05, 0.1) is 0 Å². The molecule has 2 N–H and O–H groups in total. The minimum Gasteiger partial charge on any atom is -0.330 e. The number of nitrogens with zero attached hydrogens (tertiary/aromatic N) is 1. The molecule has 1 unspecified atom stereocenters. The minimum absolute atomic E-state index is 0.688. The summed E-state index contributed by atoms with van der Waals surface area (Å²) in [5.74, 6) is 0.688. The van der Waals surface area contributed by atoms with Gasteiger partial charge in [-0.2, -0.15) is 0 Å². The maximum atomic E-state index is 5.62. The Morgan fingerprint density at radius 1 is 1.21 bits per heavy atom. The lowest BCUT2D eigenvalue weighted by atomic mass is 9.90. The number of benzene rings is 1. The third-order valence-electron chi connectivity index (χ3n) is 4.15. The first-order valence-electron chi connectivity index (χ1n) is 7.68. The van der Waals surface area contributed by atoms with E-state index in [0.29, 0.717) is 5.92 Å². The van der Waals surface area contributed by atoms with Gasteiger partial charge in [0.2, 0.25) is 0 Å². The summed E-state index contributed by atoms with van der Waals surface area (Å²) in [6.45, 7) is 5.28. The lowest BCUT2D eigenvalue weighted by Crippen LogP contribution is -2.25. The summed E-state index contributed by atoms with van der Waals surface area (Å²) >= 11 is 0. The van der Waals surface area contributed by atoms with Crippen LogP contribution in [0.4, 0.5) is 0 Å². The summed E-state index contributed by atoms with van der Waals surface area (Å²) in [6, 6.07) is 7.09. The van der Waals surface area contributed by atoms with Crippen LogP contribution in [0.15, 0.2) is 18.2 Å². The van der Waals surface area contributed by atoms with Gasteiger partial charge in [-0.15, -0.1) is 0 Å². The molecule has 1 aromatic rings. The molecule has 1 aliphatic rings. The van der Waals surface area contributed by atoms with Gasteiger partial charge in [0.1, 0.15) is 0 Å². The molecule has 0 heterocycles. The van der Waals surface area contributed by atoms with Gasteiger partial charge in [0, 0.05) is 13.1 Å². The molecule has 0 saturated carbocycles. The zero-order valence-electron chi connectivity index (χ0n) is 12.5. The van der Waals surface area contributed by atoms with Gasteiger partial charge in [-0.3, -0.25) is 0 Å². The highest BCUT2D eigenvalue weighted by molar-refractivity contribution is 5.33. The predicted octanol–water partition coefficient (Wildman–Crippen LogP) is 2.98. The summed E-state index contributed by atoms with van der Waals surface area (Å²) in [5, 5.41) is 0. The average molecular weight is 260 g/mol. The lowest BCUT2D eigenvalue weighted by molar-refractivity contribution is 0.273. The molecule has 0 fully saturated rings. The highest BCUT2D eigenvalue weighted by atomic mass is 15.1. The first kappa shape index (κ1) is 14.5. The van der Waals surface area contributed by atoms with Crippen LogP contribution in [0, 0.1) is 5.92 Å². The van der Waals surface area contributed by atoms with Gasteiger partial charge in [-0.25, -0.2) is 0 Å². The molecule has 1 atom stereocenters. The summed E-state index contributed by atoms with van der Waals surface area (Å²) < 4.78 is 0. The number of hydrogen-bond donors (Lipinski definition) is 1. The van der Waals surface area contributed by atoms with E-state index in [4.69, 9.17) is 5.73 Å². The van der Waals surface area contributed by atoms with Crippen LogP contribution in [0.2, 0.25) is 0 Å². The second-order valence-corrected chi connectivity index (χ2v) is 6.19. The topological polar surface area (TPSA) is 29.3 Å². The molecule has 0 bridgehead atoms. The van der Waals surface area contributed by atoms with Crippen LogP contribution in [0.25, 0.3) is 0 Å². The maximum Gasteiger partial charge on any atom is 0.0230 e. The molecule has 0 saturated heterocycles. The van der Waals surface area contributed by atoms with Crippen LogP contribution in [-0.2, 0) is 19.4 Å². The number of nitrogens with two attached hydrogens (primary N) is 1. The molecule has 0 aromatic heterocycles. The largest absolute Gasteiger partial charge is 0.330 e. The van der Waals surface area contributed by atoms with Gasteiger partial charge in [0.25, 0.3) is 0 Å². The zero-order chi connectivity index (χ0) is 13.7. The van der Waals surface area contributed by atoms with Crippen LogP contribution in [0.1, 0.15) is 42.9 Å². The van der Waals surface area contributed by atoms with E-state index in [2.05, 4.69) is 37.1 Å². The normalized spacial score (nSPS) is 16.4. The smallest absolute Gasteiger partial charge is 0.0230 e. The fraction of sp³-hybridized carbons (Fsp3) is 0.647. The molecule has 0 radical (unpaired) electrons. The Morgan fingerprint density at radius 3 is 2.68 bits per heavy atom. The Labute approximate surface area is 118 Å². The van der Waals surface area contributed by atoms with Gasteiger partial charge >= 0.3 is 0 Å². The SMILES string of the molecule is CC(CCN)CN(C)Cc1ccc2c(c1)CCCC2. The molecule has 1 aliphatic carbocycles. The Bertz CT molecular complexity index is 400. The second-order valence-electron chi connectivity index (χ2n) is 6.19. The van der Waals surface area contributed by atoms with Crippen molar-refractivity contribution in [2.24, 2.45) is 11.7 Å². The van der Waals surface area contributed by atoms with Crippen LogP contribution < -0.4 is 5.73 Å². The highest BCUT2D eigenvalue weighted by Crippen LogP contribution is 2.22. The number of fused-ring (bicyclic) bond motifs is 1. The predicted molar refractivity (Wildman–Crippen MR) is 82.3 cm³/mol. The number of aryl methyl sites for hydroxylation is 2. The molecule has 1 aromatic carbocycles. The molecule has 0 amide bonds. The van der Waals surface area contributed by atoms with E-state index >= 15 is 0 Å². The van der Waals surface area contributed by atoms with Crippen molar-refractivity contribution >= 4 is 0 Å². The van der Waals surface area contributed by atoms with E-state index in [-0.39, 0.29) is 0 Å². The van der Waals surface area contributed by atoms with Crippen molar-refractivity contribution in [3.63, 3.8) is 0 Å². The van der Waals surface area contributed by atoms with Crippen LogP contribution >= 0.6 is 0 Å². The Hall–Kier alpha value is -0.860. The first-order chi connectivity index (χ1) is 9.19. The minimum atomic E-state index is 0.688. The van der Waals surface area contributed by atoms with Crippen molar-refractivity contribution in [1.82, 2.24) is 4.90 Å². The van der Waals surface area contributed by atoms with Crippen LogP contribution in [-0.4, -0.2) is 25.0 Å². The molecule has 19 heavy (non-hydrogen) atoms. The van der Waals surface area contributed by atoms with Crippen molar-refractivity contribution < 1.29 is 0 Å². The number of rotatable bonds is 6. The van der Waals surface area contributed by atoms with Crippen molar-refractivity contribution in [1.29, 1.82) is 0 Å². The van der Waals surface area contributed by atoms with E-state index in [1.165, 1.54) is 31.2 Å². The third kappa shape index (κ3) is 4.32. The monoisotopic (exact) mass is 260 g/mol. The van der Waals surface area contributed by atoms with E-state index in [1.54, 1.807) is 11.1 Å². The van der Waals surface area contributed by atoms with Gasteiger partial charge in [-0.05, 0) is 68.3 Å². The molecular formula is C17H28N2. The van der Waals surface area contributed by atoms with E-state index in [1.807, 2.05) is 0 Å². The van der Waals surface area contributed by atoms with Crippen molar-refractivity contribution in [2.45, 2.75) is 45.6 Å². The fourth-order valence-electron chi connectivity index (χ4n) is 3.17. The second kappa shape index (κ2) is 7.06. The Kier molecular flexibility index (Phi) is 5.41. The summed E-state index contributed by atoms with van der Waals surface area (Å²) in [6.07, 6.45) is 6.40. The van der Waals surface area contributed by atoms with Crippen molar-refractivity contribution in [3.8, 4) is 0 Å². The average Bonchev–Trinajstić information content (AvgIpc) is 2.38. The summed E-state index contributed by atoms with van der Waals surface area (Å²) in [4.78, 5) is 2.42. The highest BCUT2D eigenvalue weighted by Gasteiger charge is 2.11. The van der Waals surface area contributed by atoms with Gasteiger partial charge < -0.3 is 10.6 Å². The van der Waals surface area contributed by atoms with E-state index < -0.39 is 0 Å². The molecule has 2 heteroatoms. The molecule has 0 spiro atoms. The lowest BCUT2D eigenvalue weighted by Gasteiger charge is -2.22. The third-order valence-corrected chi connectivity index (χ3v) is 4.15. The van der Waals surface area contributed by atoms with Crippen molar-refractivity contribution in [3.05, 3.63) is 34.9 Å².